The number of thiol groups is 1. The van der Waals surface area contributed by atoms with Gasteiger partial charge in [-0.3, -0.25) is 0 Å². The Morgan fingerprint density at radius 1 is 1.67 bits per heavy atom. The molecule has 1 rings (SSSR count). The van der Waals surface area contributed by atoms with E-state index in [0.717, 1.165) is 36.2 Å². The third kappa shape index (κ3) is 2.27. The minimum atomic E-state index is -0.167. The van der Waals surface area contributed by atoms with Crippen LogP contribution >= 0.6 is 12.6 Å². The van der Waals surface area contributed by atoms with Crippen LogP contribution in [0.2, 0.25) is 0 Å². The Balaban J connectivity index is 2.68. The van der Waals surface area contributed by atoms with Gasteiger partial charge in [-0.25, -0.2) is 4.79 Å². The van der Waals surface area contributed by atoms with Crippen molar-refractivity contribution in [2.75, 3.05) is 6.61 Å². The second-order valence-electron chi connectivity index (χ2n) is 2.91. The molecule has 3 heteroatoms. The number of carbonyl (C=O) groups excluding carboxylic acids is 1. The maximum absolute atomic E-state index is 11.2. The zero-order chi connectivity index (χ0) is 8.97. The van der Waals surface area contributed by atoms with Crippen LogP contribution in [0, 0.1) is 0 Å². The number of allylic oxidation sites excluding steroid dienone is 1. The van der Waals surface area contributed by atoms with E-state index in [4.69, 9.17) is 4.74 Å². The summed E-state index contributed by atoms with van der Waals surface area (Å²) in [6.07, 6.45) is 3.68. The summed E-state index contributed by atoms with van der Waals surface area (Å²) in [4.78, 5) is 12.1. The highest BCUT2D eigenvalue weighted by Gasteiger charge is 2.18. The molecule has 0 N–H and O–H groups in total. The van der Waals surface area contributed by atoms with E-state index in [0.29, 0.717) is 6.61 Å². The Morgan fingerprint density at radius 3 is 3.00 bits per heavy atom. The predicted octanol–water partition coefficient (Wildman–Crippen LogP) is 2.31. The van der Waals surface area contributed by atoms with Crippen LogP contribution in [0.25, 0.3) is 0 Å². The second kappa shape index (κ2) is 4.55. The highest BCUT2D eigenvalue weighted by Crippen LogP contribution is 2.23. The lowest BCUT2D eigenvalue weighted by Crippen LogP contribution is -2.16. The van der Waals surface area contributed by atoms with Crippen LogP contribution in [0.3, 0.4) is 0 Å². The summed E-state index contributed by atoms with van der Waals surface area (Å²) in [5.41, 5.74) is 0.784. The molecule has 0 unspecified atom stereocenters. The smallest absolute Gasteiger partial charge is 0.334 e. The summed E-state index contributed by atoms with van der Waals surface area (Å²) in [7, 11) is 0. The minimum Gasteiger partial charge on any atom is -0.462 e. The van der Waals surface area contributed by atoms with E-state index in [9.17, 15) is 4.79 Å². The molecule has 1 aliphatic rings. The van der Waals surface area contributed by atoms with Gasteiger partial charge in [-0.15, -0.1) is 12.6 Å². The van der Waals surface area contributed by atoms with E-state index in [-0.39, 0.29) is 5.97 Å². The van der Waals surface area contributed by atoms with Crippen molar-refractivity contribution < 1.29 is 9.53 Å². The average molecular weight is 186 g/mol. The minimum absolute atomic E-state index is 0.167. The molecule has 0 bridgehead atoms. The van der Waals surface area contributed by atoms with Gasteiger partial charge >= 0.3 is 5.97 Å². The molecule has 0 aromatic heterocycles. The quantitative estimate of drug-likeness (QED) is 0.407. The van der Waals surface area contributed by atoms with Gasteiger partial charge in [-0.05, 0) is 24.2 Å². The van der Waals surface area contributed by atoms with Gasteiger partial charge in [0.25, 0.3) is 0 Å². The molecule has 1 aliphatic heterocycles. The third-order valence-electron chi connectivity index (χ3n) is 1.89. The van der Waals surface area contributed by atoms with Crippen molar-refractivity contribution in [3.63, 3.8) is 0 Å². The van der Waals surface area contributed by atoms with E-state index < -0.39 is 0 Å². The van der Waals surface area contributed by atoms with Gasteiger partial charge in [-0.2, -0.15) is 0 Å². The van der Waals surface area contributed by atoms with Crippen LogP contribution in [-0.2, 0) is 9.53 Å². The van der Waals surface area contributed by atoms with Crippen LogP contribution in [0.15, 0.2) is 10.5 Å². The Hall–Kier alpha value is -0.440. The van der Waals surface area contributed by atoms with Crippen molar-refractivity contribution >= 4 is 18.6 Å². The predicted molar refractivity (Wildman–Crippen MR) is 51.1 cm³/mol. The normalized spacial score (nSPS) is 22.0. The molecule has 2 nitrogen and oxygen atoms in total. The number of ether oxygens (including phenoxy) is 1. The monoisotopic (exact) mass is 186 g/mol. The lowest BCUT2D eigenvalue weighted by molar-refractivity contribution is -0.141. The molecule has 68 valence electrons. The van der Waals surface area contributed by atoms with Crippen molar-refractivity contribution in [1.29, 1.82) is 0 Å². The molecule has 0 amide bonds. The highest BCUT2D eigenvalue weighted by molar-refractivity contribution is 7.84. The van der Waals surface area contributed by atoms with Crippen LogP contribution in [0.4, 0.5) is 0 Å². The Labute approximate surface area is 78.4 Å². The van der Waals surface area contributed by atoms with Gasteiger partial charge in [0.15, 0.2) is 0 Å². The first-order chi connectivity index (χ1) is 5.75. The van der Waals surface area contributed by atoms with Crippen LogP contribution in [-0.4, -0.2) is 12.6 Å². The summed E-state index contributed by atoms with van der Waals surface area (Å²) >= 11 is 4.29. The molecule has 12 heavy (non-hydrogen) atoms. The number of cyclic esters (lactones) is 1. The van der Waals surface area contributed by atoms with Crippen LogP contribution in [0.1, 0.15) is 32.6 Å². The van der Waals surface area contributed by atoms with Crippen molar-refractivity contribution in [2.45, 2.75) is 32.6 Å². The fourth-order valence-corrected chi connectivity index (χ4v) is 1.68. The van der Waals surface area contributed by atoms with Crippen molar-refractivity contribution in [3.8, 4) is 0 Å². The first-order valence-corrected chi connectivity index (χ1v) is 4.78. The first-order valence-electron chi connectivity index (χ1n) is 4.33. The van der Waals surface area contributed by atoms with E-state index in [1.54, 1.807) is 0 Å². The molecule has 0 spiro atoms. The number of rotatable bonds is 2. The summed E-state index contributed by atoms with van der Waals surface area (Å²) in [6.45, 7) is 2.64. The summed E-state index contributed by atoms with van der Waals surface area (Å²) < 4.78 is 4.91. The van der Waals surface area contributed by atoms with E-state index in [2.05, 4.69) is 19.6 Å². The molecule has 0 radical (unpaired) electrons. The molecule has 0 atom stereocenters. The first kappa shape index (κ1) is 9.65. The standard InChI is InChI=1S/C9H14O2S/c1-2-4-8(12)7-5-3-6-11-9(7)10/h12H,2-6H2,1H3/b8-7-. The van der Waals surface area contributed by atoms with Gasteiger partial charge in [-0.1, -0.05) is 13.3 Å². The second-order valence-corrected chi connectivity index (χ2v) is 3.45. The summed E-state index contributed by atoms with van der Waals surface area (Å²) in [6, 6.07) is 0. The van der Waals surface area contributed by atoms with Crippen molar-refractivity contribution in [2.24, 2.45) is 0 Å². The topological polar surface area (TPSA) is 26.3 Å². The van der Waals surface area contributed by atoms with Crippen molar-refractivity contribution in [1.82, 2.24) is 0 Å². The lowest BCUT2D eigenvalue weighted by atomic mass is 10.1. The third-order valence-corrected chi connectivity index (χ3v) is 2.38. The van der Waals surface area contributed by atoms with E-state index in [1.807, 2.05) is 0 Å². The van der Waals surface area contributed by atoms with Gasteiger partial charge in [0, 0.05) is 5.57 Å². The van der Waals surface area contributed by atoms with Gasteiger partial charge in [0.1, 0.15) is 0 Å². The number of hydrogen-bond acceptors (Lipinski definition) is 3. The number of carbonyl (C=O) groups is 1. The SMILES string of the molecule is CCC/C(S)=C1\CCCOC1=O. The maximum Gasteiger partial charge on any atom is 0.334 e. The molecule has 0 aromatic rings. The van der Waals surface area contributed by atoms with Crippen molar-refractivity contribution in [3.05, 3.63) is 10.5 Å². The Kier molecular flexibility index (Phi) is 3.66. The average Bonchev–Trinajstić information content (AvgIpc) is 2.05. The summed E-state index contributed by atoms with van der Waals surface area (Å²) in [5.74, 6) is -0.167. The molecule has 1 fully saturated rings. The lowest BCUT2D eigenvalue weighted by Gasteiger charge is -2.15. The molecular formula is C9H14O2S. The molecule has 0 aromatic carbocycles. The number of hydrogen-bond donors (Lipinski definition) is 1. The van der Waals surface area contributed by atoms with E-state index in [1.165, 1.54) is 0 Å². The molecule has 0 aliphatic carbocycles. The maximum atomic E-state index is 11.2. The summed E-state index contributed by atoms with van der Waals surface area (Å²) in [5, 5.41) is 0. The zero-order valence-corrected chi connectivity index (χ0v) is 8.19. The fraction of sp³-hybridized carbons (Fsp3) is 0.667. The Bertz CT molecular complexity index is 209. The molecule has 1 heterocycles. The largest absolute Gasteiger partial charge is 0.462 e. The highest BCUT2D eigenvalue weighted by atomic mass is 32.1. The van der Waals surface area contributed by atoms with Gasteiger partial charge in [0.05, 0.1) is 6.61 Å². The van der Waals surface area contributed by atoms with E-state index >= 15 is 0 Å². The molecular weight excluding hydrogens is 172 g/mol. The van der Waals surface area contributed by atoms with Crippen LogP contribution in [0.5, 0.6) is 0 Å². The molecule has 0 saturated carbocycles. The molecule has 1 saturated heterocycles. The van der Waals surface area contributed by atoms with Gasteiger partial charge in [0.2, 0.25) is 0 Å². The Morgan fingerprint density at radius 2 is 2.42 bits per heavy atom. The number of esters is 1. The fourth-order valence-electron chi connectivity index (χ4n) is 1.25. The van der Waals surface area contributed by atoms with Gasteiger partial charge < -0.3 is 4.74 Å². The van der Waals surface area contributed by atoms with Crippen LogP contribution < -0.4 is 0 Å². The zero-order valence-electron chi connectivity index (χ0n) is 7.30.